The zero-order valence-corrected chi connectivity index (χ0v) is 14.6. The number of nitrogens with two attached hydrogens (primary N) is 1. The van der Waals surface area contributed by atoms with Gasteiger partial charge in [-0.15, -0.1) is 0 Å². The second-order valence-corrected chi connectivity index (χ2v) is 6.13. The number of nitrogens with zero attached hydrogens (tertiary/aromatic N) is 3. The third-order valence-corrected chi connectivity index (χ3v) is 4.32. The van der Waals surface area contributed by atoms with Crippen molar-refractivity contribution in [1.29, 1.82) is 0 Å². The van der Waals surface area contributed by atoms with E-state index in [2.05, 4.69) is 10.9 Å². The highest BCUT2D eigenvalue weighted by Crippen LogP contribution is 2.39. The van der Waals surface area contributed by atoms with E-state index in [-0.39, 0.29) is 11.4 Å². The molecule has 0 unspecified atom stereocenters. The summed E-state index contributed by atoms with van der Waals surface area (Å²) >= 11 is 5.95. The van der Waals surface area contributed by atoms with Gasteiger partial charge in [-0.25, -0.2) is 10.0 Å². The molecule has 26 heavy (non-hydrogen) atoms. The molecule has 2 heterocycles. The molecule has 0 saturated heterocycles. The van der Waals surface area contributed by atoms with Gasteiger partial charge in [-0.2, -0.15) is 0 Å². The minimum absolute atomic E-state index is 0. The molecule has 2 aliphatic rings. The van der Waals surface area contributed by atoms with Crippen LogP contribution in [0.5, 0.6) is 0 Å². The second kappa shape index (κ2) is 7.27. The molecule has 2 aliphatic heterocycles. The highest BCUT2D eigenvalue weighted by atomic mass is 35.5. The zero-order valence-electron chi connectivity index (χ0n) is 13.9. The van der Waals surface area contributed by atoms with Gasteiger partial charge in [0, 0.05) is 29.4 Å². The number of aliphatic hydroxyl groups is 1. The van der Waals surface area contributed by atoms with Gasteiger partial charge in [-0.1, -0.05) is 29.8 Å². The minimum Gasteiger partial charge on any atom is -0.492 e. The molecule has 0 bridgehead atoms. The normalized spacial score (nSPS) is 15.2. The van der Waals surface area contributed by atoms with Crippen molar-refractivity contribution in [2.75, 3.05) is 23.1 Å². The van der Waals surface area contributed by atoms with Gasteiger partial charge in [-0.05, 0) is 41.9 Å². The molecule has 2 aromatic carbocycles. The van der Waals surface area contributed by atoms with Crippen LogP contribution >= 0.6 is 11.6 Å². The van der Waals surface area contributed by atoms with Gasteiger partial charge in [0.1, 0.15) is 5.70 Å². The number of benzene rings is 2. The summed E-state index contributed by atoms with van der Waals surface area (Å²) in [4.78, 5) is 0. The van der Waals surface area contributed by atoms with Crippen LogP contribution in [0.1, 0.15) is 5.56 Å². The lowest BCUT2D eigenvalue weighted by Gasteiger charge is -2.27. The Hall–Kier alpha value is -2.71. The quantitative estimate of drug-likeness (QED) is 0.759. The largest absolute Gasteiger partial charge is 0.492 e. The van der Waals surface area contributed by atoms with Crippen LogP contribution < -0.4 is 26.6 Å². The molecule has 0 aliphatic carbocycles. The fourth-order valence-corrected chi connectivity index (χ4v) is 3.02. The number of nitrogens with one attached hydrogen (secondary N) is 1. The van der Waals surface area contributed by atoms with Gasteiger partial charge in [-0.3, -0.25) is 0 Å². The summed E-state index contributed by atoms with van der Waals surface area (Å²) in [7, 11) is 0. The van der Waals surface area contributed by atoms with E-state index in [0.29, 0.717) is 23.8 Å². The predicted octanol–water partition coefficient (Wildman–Crippen LogP) is 1.91. The van der Waals surface area contributed by atoms with E-state index in [1.54, 1.807) is 17.1 Å². The van der Waals surface area contributed by atoms with Crippen LogP contribution in [0.2, 0.25) is 5.02 Å². The van der Waals surface area contributed by atoms with Crippen molar-refractivity contribution in [3.05, 3.63) is 76.8 Å². The molecule has 6 N–H and O–H groups in total. The molecule has 1 radical (unpaired) electrons. The number of halogens is 1. The predicted molar refractivity (Wildman–Crippen MR) is 103 cm³/mol. The maximum absolute atomic E-state index is 10.7. The van der Waals surface area contributed by atoms with Crippen molar-refractivity contribution in [2.45, 2.75) is 0 Å². The van der Waals surface area contributed by atoms with Gasteiger partial charge >= 0.3 is 0 Å². The van der Waals surface area contributed by atoms with Crippen molar-refractivity contribution < 1.29 is 10.6 Å². The number of allylic oxidation sites excluding steroid dienone is 1. The monoisotopic (exact) mass is 372 g/mol. The summed E-state index contributed by atoms with van der Waals surface area (Å²) in [5.41, 5.74) is 14.3. The van der Waals surface area contributed by atoms with Crippen molar-refractivity contribution >= 4 is 28.7 Å². The number of anilines is 2. The molecular formula is C18H19ClN5O2. The molecule has 0 spiro atoms. The fraction of sp³-hybridized carbons (Fsp3) is 0.111. The van der Waals surface area contributed by atoms with Gasteiger partial charge < -0.3 is 21.6 Å². The van der Waals surface area contributed by atoms with E-state index in [4.69, 9.17) is 17.3 Å². The number of para-hydroxylation sites is 1. The lowest BCUT2D eigenvalue weighted by Crippen LogP contribution is -2.36. The van der Waals surface area contributed by atoms with Crippen LogP contribution in [0.3, 0.4) is 0 Å². The first-order valence-corrected chi connectivity index (χ1v) is 8.32. The molecule has 2 aromatic rings. The summed E-state index contributed by atoms with van der Waals surface area (Å²) in [5.74, 6) is 0.0591. The average molecular weight is 373 g/mol. The lowest BCUT2D eigenvalue weighted by atomic mass is 10.0. The number of aliphatic hydroxyl groups excluding tert-OH is 1. The molecule has 0 aromatic heterocycles. The van der Waals surface area contributed by atoms with Gasteiger partial charge in [0.25, 0.3) is 0 Å². The van der Waals surface area contributed by atoms with E-state index in [0.717, 1.165) is 22.6 Å². The van der Waals surface area contributed by atoms with E-state index in [1.807, 2.05) is 42.5 Å². The topological polar surface area (TPSA) is 110 Å². The van der Waals surface area contributed by atoms with E-state index in [9.17, 15) is 5.11 Å². The third-order valence-electron chi connectivity index (χ3n) is 4.07. The molecule has 0 atom stereocenters. The van der Waals surface area contributed by atoms with E-state index >= 15 is 0 Å². The summed E-state index contributed by atoms with van der Waals surface area (Å²) in [5, 5.41) is 17.9. The van der Waals surface area contributed by atoms with Crippen molar-refractivity contribution in [1.82, 2.24) is 10.9 Å². The van der Waals surface area contributed by atoms with Gasteiger partial charge in [0.2, 0.25) is 5.88 Å². The van der Waals surface area contributed by atoms with E-state index in [1.165, 1.54) is 5.01 Å². The summed E-state index contributed by atoms with van der Waals surface area (Å²) in [6, 6.07) is 15.0. The Morgan fingerprint density at radius 2 is 1.81 bits per heavy atom. The fourth-order valence-electron chi connectivity index (χ4n) is 2.90. The highest BCUT2D eigenvalue weighted by Gasteiger charge is 2.36. The van der Waals surface area contributed by atoms with Crippen LogP contribution in [0.25, 0.3) is 5.70 Å². The zero-order chi connectivity index (χ0) is 17.4. The lowest BCUT2D eigenvalue weighted by molar-refractivity contribution is 0.387. The Bertz CT molecular complexity index is 866. The van der Waals surface area contributed by atoms with Gasteiger partial charge in [0.15, 0.2) is 0 Å². The maximum atomic E-state index is 10.7. The first-order chi connectivity index (χ1) is 12.2. The molecule has 0 amide bonds. The average Bonchev–Trinajstić information content (AvgIpc) is 2.97. The van der Waals surface area contributed by atoms with Crippen LogP contribution in [-0.2, 0) is 0 Å². The smallest absolute Gasteiger partial charge is 0.235 e. The molecule has 7 nitrogen and oxygen atoms in total. The molecular weight excluding hydrogens is 354 g/mol. The Labute approximate surface area is 156 Å². The van der Waals surface area contributed by atoms with Crippen LogP contribution in [0.4, 0.5) is 11.4 Å². The number of hydrogen-bond donors (Lipinski definition) is 3. The van der Waals surface area contributed by atoms with Gasteiger partial charge in [0.05, 0.1) is 11.4 Å². The molecule has 0 fully saturated rings. The van der Waals surface area contributed by atoms with Crippen LogP contribution in [-0.4, -0.2) is 23.7 Å². The first-order valence-electron chi connectivity index (χ1n) is 7.94. The van der Waals surface area contributed by atoms with Crippen LogP contribution in [0, 0.1) is 0 Å². The third kappa shape index (κ3) is 2.97. The maximum Gasteiger partial charge on any atom is 0.235 e. The van der Waals surface area contributed by atoms with Crippen LogP contribution in [0.15, 0.2) is 66.2 Å². The second-order valence-electron chi connectivity index (χ2n) is 5.69. The van der Waals surface area contributed by atoms with Crippen molar-refractivity contribution in [3.8, 4) is 0 Å². The van der Waals surface area contributed by atoms with Crippen molar-refractivity contribution in [3.63, 3.8) is 0 Å². The summed E-state index contributed by atoms with van der Waals surface area (Å²) < 4.78 is 0. The number of rotatable bonds is 4. The SMILES string of the molecule is NCCNC1=CC2=C(O)N(c3ccc(Cl)cc3)[N]N2c2ccccc21.O. The molecule has 135 valence electrons. The Morgan fingerprint density at radius 1 is 1.08 bits per heavy atom. The molecule has 0 saturated carbocycles. The van der Waals surface area contributed by atoms with Crippen molar-refractivity contribution in [2.24, 2.45) is 5.73 Å². The molecule has 8 heteroatoms. The number of fused-ring (bicyclic) bond motifs is 3. The summed E-state index contributed by atoms with van der Waals surface area (Å²) in [6.45, 7) is 1.17. The Balaban J connectivity index is 0.00000196. The van der Waals surface area contributed by atoms with E-state index < -0.39 is 0 Å². The standard InChI is InChI=1S/C18H17ClN5O.H2O/c19-12-5-7-13(8-6-12)23-18(25)17-11-15(21-10-9-20)14-3-1-2-4-16(14)24(17)22-23;/h1-8,11,21,25H,9-10,20H2;1H2. The Kier molecular flexibility index (Phi) is 5.06. The Morgan fingerprint density at radius 3 is 2.54 bits per heavy atom. The molecule has 4 rings (SSSR count). The number of hydrogen-bond acceptors (Lipinski definition) is 5. The summed E-state index contributed by atoms with van der Waals surface area (Å²) in [6.07, 6.45) is 1.88. The minimum atomic E-state index is 0. The highest BCUT2D eigenvalue weighted by molar-refractivity contribution is 6.30. The first kappa shape index (κ1) is 18.1.